The van der Waals surface area contributed by atoms with Crippen LogP contribution in [-0.2, 0) is 6.42 Å². The zero-order valence-corrected chi connectivity index (χ0v) is 11.4. The number of nitrogens with one attached hydrogen (secondary N) is 1. The molecule has 0 aliphatic rings. The Bertz CT molecular complexity index is 552. The Morgan fingerprint density at radius 2 is 2.22 bits per heavy atom. The lowest BCUT2D eigenvalue weighted by molar-refractivity contribution is 0.800. The smallest absolute Gasteiger partial charge is 0.0994 e. The monoisotopic (exact) mass is 256 g/mol. The highest BCUT2D eigenvalue weighted by molar-refractivity contribution is 7.09. The van der Waals surface area contributed by atoms with Gasteiger partial charge in [0.2, 0.25) is 0 Å². The molecule has 3 heteroatoms. The van der Waals surface area contributed by atoms with Crippen molar-refractivity contribution < 1.29 is 0 Å². The van der Waals surface area contributed by atoms with E-state index in [4.69, 9.17) is 5.26 Å². The molecule has 1 aromatic carbocycles. The molecule has 1 aromatic heterocycles. The molecule has 0 radical (unpaired) electrons. The van der Waals surface area contributed by atoms with Gasteiger partial charge in [0.05, 0.1) is 11.6 Å². The average Bonchev–Trinajstić information content (AvgIpc) is 2.82. The summed E-state index contributed by atoms with van der Waals surface area (Å²) in [5, 5.41) is 14.5. The molecule has 18 heavy (non-hydrogen) atoms. The van der Waals surface area contributed by atoms with Crippen molar-refractivity contribution in [3.8, 4) is 6.07 Å². The third-order valence-corrected chi connectivity index (χ3v) is 3.75. The molecule has 0 aliphatic carbocycles. The van der Waals surface area contributed by atoms with Gasteiger partial charge in [-0.2, -0.15) is 5.26 Å². The van der Waals surface area contributed by atoms with Crippen LogP contribution in [0.25, 0.3) is 0 Å². The summed E-state index contributed by atoms with van der Waals surface area (Å²) in [4.78, 5) is 1.39. The van der Waals surface area contributed by atoms with E-state index >= 15 is 0 Å². The molecular weight excluding hydrogens is 240 g/mol. The normalized spacial score (nSPS) is 11.8. The Morgan fingerprint density at radius 3 is 2.83 bits per heavy atom. The number of nitriles is 1. The zero-order valence-electron chi connectivity index (χ0n) is 10.6. The van der Waals surface area contributed by atoms with E-state index in [0.29, 0.717) is 6.04 Å². The van der Waals surface area contributed by atoms with Gasteiger partial charge in [0.15, 0.2) is 0 Å². The van der Waals surface area contributed by atoms with Crippen molar-refractivity contribution in [3.63, 3.8) is 0 Å². The van der Waals surface area contributed by atoms with Gasteiger partial charge >= 0.3 is 0 Å². The van der Waals surface area contributed by atoms with Gasteiger partial charge in [-0.1, -0.05) is 6.07 Å². The summed E-state index contributed by atoms with van der Waals surface area (Å²) >= 11 is 1.79. The van der Waals surface area contributed by atoms with E-state index in [1.165, 1.54) is 4.88 Å². The quantitative estimate of drug-likeness (QED) is 0.898. The second-order valence-corrected chi connectivity index (χ2v) is 5.50. The van der Waals surface area contributed by atoms with Gasteiger partial charge in [0, 0.05) is 23.0 Å². The van der Waals surface area contributed by atoms with E-state index in [9.17, 15) is 0 Å². The minimum Gasteiger partial charge on any atom is -0.382 e. The van der Waals surface area contributed by atoms with Crippen LogP contribution in [0.4, 0.5) is 5.69 Å². The molecule has 2 nitrogen and oxygen atoms in total. The maximum Gasteiger partial charge on any atom is 0.0994 e. The molecule has 2 aromatic rings. The van der Waals surface area contributed by atoms with Crippen molar-refractivity contribution in [1.82, 2.24) is 0 Å². The topological polar surface area (TPSA) is 35.8 Å². The highest BCUT2D eigenvalue weighted by atomic mass is 32.1. The zero-order chi connectivity index (χ0) is 13.0. The molecule has 0 amide bonds. The number of hydrogen-bond acceptors (Lipinski definition) is 3. The van der Waals surface area contributed by atoms with E-state index in [0.717, 1.165) is 23.2 Å². The minimum absolute atomic E-state index is 0.385. The van der Waals surface area contributed by atoms with Crippen molar-refractivity contribution in [2.24, 2.45) is 0 Å². The maximum atomic E-state index is 8.89. The molecule has 0 fully saturated rings. The second kappa shape index (κ2) is 5.70. The number of anilines is 1. The van der Waals surface area contributed by atoms with Crippen LogP contribution in [0.15, 0.2) is 35.7 Å². The van der Waals surface area contributed by atoms with Crippen molar-refractivity contribution in [2.45, 2.75) is 26.3 Å². The van der Waals surface area contributed by atoms with Crippen LogP contribution < -0.4 is 5.32 Å². The number of rotatable bonds is 4. The molecule has 0 saturated heterocycles. The Labute approximate surface area is 112 Å². The molecular formula is C15H16N2S. The minimum atomic E-state index is 0.385. The summed E-state index contributed by atoms with van der Waals surface area (Å²) in [7, 11) is 0. The lowest BCUT2D eigenvalue weighted by atomic mass is 10.1. The summed E-state index contributed by atoms with van der Waals surface area (Å²) in [5.41, 5.74) is 2.84. The third kappa shape index (κ3) is 3.12. The first-order chi connectivity index (χ1) is 8.69. The fourth-order valence-electron chi connectivity index (χ4n) is 1.94. The number of thiophene rings is 1. The molecule has 2 rings (SSSR count). The van der Waals surface area contributed by atoms with Crippen LogP contribution in [0.1, 0.15) is 22.9 Å². The maximum absolute atomic E-state index is 8.89. The fourth-order valence-corrected chi connectivity index (χ4v) is 2.78. The summed E-state index contributed by atoms with van der Waals surface area (Å²) in [6.45, 7) is 4.14. The Kier molecular flexibility index (Phi) is 4.01. The summed E-state index contributed by atoms with van der Waals surface area (Å²) in [6, 6.07) is 12.7. The number of benzene rings is 1. The lowest BCUT2D eigenvalue weighted by Crippen LogP contribution is -2.17. The molecule has 0 saturated carbocycles. The highest BCUT2D eigenvalue weighted by Crippen LogP contribution is 2.17. The van der Waals surface area contributed by atoms with E-state index in [1.807, 2.05) is 25.1 Å². The van der Waals surface area contributed by atoms with Crippen LogP contribution in [0.5, 0.6) is 0 Å². The van der Waals surface area contributed by atoms with Crippen molar-refractivity contribution in [3.05, 3.63) is 51.7 Å². The molecule has 1 unspecified atom stereocenters. The van der Waals surface area contributed by atoms with Gasteiger partial charge in [-0.25, -0.2) is 0 Å². The second-order valence-electron chi connectivity index (χ2n) is 4.47. The summed E-state index contributed by atoms with van der Waals surface area (Å²) in [5.74, 6) is 0. The summed E-state index contributed by atoms with van der Waals surface area (Å²) in [6.07, 6.45) is 1.02. The lowest BCUT2D eigenvalue weighted by Gasteiger charge is -2.15. The molecule has 92 valence electrons. The van der Waals surface area contributed by atoms with Crippen molar-refractivity contribution in [2.75, 3.05) is 5.32 Å². The van der Waals surface area contributed by atoms with E-state index in [1.54, 1.807) is 11.3 Å². The van der Waals surface area contributed by atoms with Gasteiger partial charge in [-0.05, 0) is 49.1 Å². The molecule has 0 aliphatic heterocycles. The van der Waals surface area contributed by atoms with Crippen LogP contribution in [0.2, 0.25) is 0 Å². The first kappa shape index (κ1) is 12.7. The predicted molar refractivity (Wildman–Crippen MR) is 77.0 cm³/mol. The standard InChI is InChI=1S/C15H16N2S/c1-11-8-14(6-5-13(11)10-16)17-12(2)9-15-4-3-7-18-15/h3-8,12,17H,9H2,1-2H3. The first-order valence-corrected chi connectivity index (χ1v) is 6.86. The molecule has 1 atom stereocenters. The highest BCUT2D eigenvalue weighted by Gasteiger charge is 2.05. The van der Waals surface area contributed by atoms with Crippen molar-refractivity contribution >= 4 is 17.0 Å². The predicted octanol–water partition coefficient (Wildman–Crippen LogP) is 3.97. The molecule has 0 bridgehead atoms. The fraction of sp³-hybridized carbons (Fsp3) is 0.267. The van der Waals surface area contributed by atoms with E-state index in [2.05, 4.69) is 35.8 Å². The van der Waals surface area contributed by atoms with Gasteiger partial charge in [0.1, 0.15) is 0 Å². The SMILES string of the molecule is Cc1cc(NC(C)Cc2cccs2)ccc1C#N. The van der Waals surface area contributed by atoms with Crippen LogP contribution in [-0.4, -0.2) is 6.04 Å². The Balaban J connectivity index is 2.01. The molecule has 1 heterocycles. The first-order valence-electron chi connectivity index (χ1n) is 5.98. The molecule has 0 spiro atoms. The van der Waals surface area contributed by atoms with Crippen LogP contribution in [0, 0.1) is 18.3 Å². The number of nitrogens with zero attached hydrogens (tertiary/aromatic N) is 1. The Morgan fingerprint density at radius 1 is 1.39 bits per heavy atom. The largest absolute Gasteiger partial charge is 0.382 e. The van der Waals surface area contributed by atoms with Gasteiger partial charge in [-0.15, -0.1) is 11.3 Å². The molecule has 1 N–H and O–H groups in total. The number of hydrogen-bond donors (Lipinski definition) is 1. The Hall–Kier alpha value is -1.79. The van der Waals surface area contributed by atoms with Gasteiger partial charge < -0.3 is 5.32 Å². The van der Waals surface area contributed by atoms with E-state index < -0.39 is 0 Å². The number of aryl methyl sites for hydroxylation is 1. The van der Waals surface area contributed by atoms with E-state index in [-0.39, 0.29) is 0 Å². The van der Waals surface area contributed by atoms with Crippen LogP contribution in [0.3, 0.4) is 0 Å². The van der Waals surface area contributed by atoms with Gasteiger partial charge in [-0.3, -0.25) is 0 Å². The van der Waals surface area contributed by atoms with Crippen LogP contribution >= 0.6 is 11.3 Å². The summed E-state index contributed by atoms with van der Waals surface area (Å²) < 4.78 is 0. The average molecular weight is 256 g/mol. The third-order valence-electron chi connectivity index (χ3n) is 2.85. The van der Waals surface area contributed by atoms with Gasteiger partial charge in [0.25, 0.3) is 0 Å². The van der Waals surface area contributed by atoms with Crippen molar-refractivity contribution in [1.29, 1.82) is 5.26 Å².